The molecular formula is C27H45N5O2. The van der Waals surface area contributed by atoms with Crippen LogP contribution < -0.4 is 16.8 Å². The summed E-state index contributed by atoms with van der Waals surface area (Å²) in [5, 5.41) is 11.5. The molecule has 5 aliphatic rings. The molecule has 1 saturated heterocycles. The highest BCUT2D eigenvalue weighted by molar-refractivity contribution is 5.83. The summed E-state index contributed by atoms with van der Waals surface area (Å²) in [6.07, 6.45) is 15.3. The number of nitrogens with two attached hydrogens (primary N) is 2. The van der Waals surface area contributed by atoms with E-state index >= 15 is 0 Å². The van der Waals surface area contributed by atoms with Crippen molar-refractivity contribution in [3.8, 4) is 0 Å². The van der Waals surface area contributed by atoms with E-state index in [4.69, 9.17) is 16.9 Å². The summed E-state index contributed by atoms with van der Waals surface area (Å²) in [7, 11) is 0. The lowest BCUT2D eigenvalue weighted by Crippen LogP contribution is -2.52. The number of carbonyl (C=O) groups is 2. The Hall–Kier alpha value is -1.63. The smallest absolute Gasteiger partial charge is 0.237 e. The number of hydrogen-bond acceptors (Lipinski definition) is 4. The summed E-state index contributed by atoms with van der Waals surface area (Å²) in [6.45, 7) is 0.921. The van der Waals surface area contributed by atoms with Crippen LogP contribution in [0, 0.1) is 40.9 Å². The number of nitrogens with one attached hydrogen (secondary N) is 2. The molecule has 2 amide bonds. The van der Waals surface area contributed by atoms with Gasteiger partial charge in [-0.15, -0.1) is 0 Å². The second kappa shape index (κ2) is 10.2. The number of carbonyl (C=O) groups excluding carboxylic acids is 2. The second-order valence-corrected chi connectivity index (χ2v) is 12.3. The van der Waals surface area contributed by atoms with Gasteiger partial charge in [-0.3, -0.25) is 19.9 Å². The number of fused-ring (bicyclic) bond motifs is 2. The van der Waals surface area contributed by atoms with Crippen LogP contribution in [-0.4, -0.2) is 47.2 Å². The molecule has 0 aromatic heterocycles. The van der Waals surface area contributed by atoms with E-state index in [0.717, 1.165) is 76.2 Å². The van der Waals surface area contributed by atoms with Crippen LogP contribution in [0.15, 0.2) is 0 Å². The van der Waals surface area contributed by atoms with Gasteiger partial charge in [0.2, 0.25) is 11.8 Å². The van der Waals surface area contributed by atoms with Gasteiger partial charge in [-0.1, -0.05) is 19.3 Å². The van der Waals surface area contributed by atoms with Crippen LogP contribution in [0.25, 0.3) is 0 Å². The van der Waals surface area contributed by atoms with Gasteiger partial charge in [-0.2, -0.15) is 0 Å². The van der Waals surface area contributed by atoms with Crippen LogP contribution in [0.3, 0.4) is 0 Å². The van der Waals surface area contributed by atoms with E-state index < -0.39 is 0 Å². The summed E-state index contributed by atoms with van der Waals surface area (Å²) in [5.74, 6) is 3.30. The zero-order valence-corrected chi connectivity index (χ0v) is 20.7. The fourth-order valence-electron chi connectivity index (χ4n) is 8.41. The molecule has 7 heteroatoms. The lowest BCUT2D eigenvalue weighted by atomic mass is 9.77. The fourth-order valence-corrected chi connectivity index (χ4v) is 8.41. The Kier molecular flexibility index (Phi) is 7.19. The normalized spacial score (nSPS) is 42.5. The van der Waals surface area contributed by atoms with E-state index in [1.807, 2.05) is 0 Å². The van der Waals surface area contributed by atoms with E-state index in [1.165, 1.54) is 32.1 Å². The van der Waals surface area contributed by atoms with Gasteiger partial charge in [0.05, 0.1) is 11.9 Å². The van der Waals surface area contributed by atoms with E-state index in [0.29, 0.717) is 29.8 Å². The van der Waals surface area contributed by atoms with Gasteiger partial charge >= 0.3 is 0 Å². The van der Waals surface area contributed by atoms with Crippen molar-refractivity contribution in [2.75, 3.05) is 6.54 Å². The Morgan fingerprint density at radius 3 is 2.24 bits per heavy atom. The van der Waals surface area contributed by atoms with E-state index in [2.05, 4.69) is 10.2 Å². The van der Waals surface area contributed by atoms with Crippen molar-refractivity contribution in [1.82, 2.24) is 10.2 Å². The Bertz CT molecular complexity index is 779. The number of amides is 2. The minimum atomic E-state index is -0.162. The Morgan fingerprint density at radius 1 is 0.794 bits per heavy atom. The van der Waals surface area contributed by atoms with Crippen molar-refractivity contribution in [2.45, 2.75) is 108 Å². The van der Waals surface area contributed by atoms with E-state index in [-0.39, 0.29) is 29.7 Å². The third-order valence-corrected chi connectivity index (χ3v) is 10.4. The molecule has 7 nitrogen and oxygen atoms in total. The molecule has 0 aromatic rings. The van der Waals surface area contributed by atoms with Crippen LogP contribution in [0.1, 0.15) is 89.9 Å². The van der Waals surface area contributed by atoms with Crippen molar-refractivity contribution in [2.24, 2.45) is 47.0 Å². The van der Waals surface area contributed by atoms with Gasteiger partial charge in [0.15, 0.2) is 0 Å². The number of amidine groups is 1. The third kappa shape index (κ3) is 5.00. The molecule has 34 heavy (non-hydrogen) atoms. The molecule has 0 spiro atoms. The molecule has 1 heterocycles. The molecule has 5 rings (SSSR count). The molecule has 0 radical (unpaired) electrons. The van der Waals surface area contributed by atoms with Crippen molar-refractivity contribution in [1.29, 1.82) is 5.41 Å². The quantitative estimate of drug-likeness (QED) is 0.351. The van der Waals surface area contributed by atoms with Crippen molar-refractivity contribution >= 4 is 17.6 Å². The van der Waals surface area contributed by atoms with E-state index in [1.54, 1.807) is 0 Å². The number of nitrogens with zero attached hydrogens (tertiary/aromatic N) is 1. The minimum Gasteiger partial charge on any atom is -0.387 e. The Balaban J connectivity index is 1.26. The zero-order chi connectivity index (χ0) is 23.8. The largest absolute Gasteiger partial charge is 0.387 e. The molecule has 7 atom stereocenters. The molecule has 7 unspecified atom stereocenters. The van der Waals surface area contributed by atoms with Crippen LogP contribution in [0.4, 0.5) is 0 Å². The summed E-state index contributed by atoms with van der Waals surface area (Å²) in [5.41, 5.74) is 11.5. The molecule has 4 aliphatic carbocycles. The maximum atomic E-state index is 13.7. The molecule has 190 valence electrons. The SMILES string of the molecule is N=C(N)C1CCC2CC(C(=O)NC3CCC4CCCC4C3)N(CC3CCC(C(N)=O)CC3)C2C1. The highest BCUT2D eigenvalue weighted by Crippen LogP contribution is 2.45. The first kappa shape index (κ1) is 24.1. The highest BCUT2D eigenvalue weighted by Gasteiger charge is 2.48. The molecular weight excluding hydrogens is 426 g/mol. The summed E-state index contributed by atoms with van der Waals surface area (Å²) >= 11 is 0. The lowest BCUT2D eigenvalue weighted by molar-refractivity contribution is -0.127. The average molecular weight is 472 g/mol. The van der Waals surface area contributed by atoms with Crippen molar-refractivity contribution in [3.05, 3.63) is 0 Å². The van der Waals surface area contributed by atoms with Gasteiger partial charge in [-0.25, -0.2) is 0 Å². The predicted molar refractivity (Wildman–Crippen MR) is 133 cm³/mol. The number of likely N-dealkylation sites (tertiary alicyclic amines) is 1. The monoisotopic (exact) mass is 471 g/mol. The first-order valence-electron chi connectivity index (χ1n) is 14.1. The summed E-state index contributed by atoms with van der Waals surface area (Å²) in [4.78, 5) is 27.8. The molecule has 1 aliphatic heterocycles. The van der Waals surface area contributed by atoms with Gasteiger partial charge in [0.1, 0.15) is 0 Å². The van der Waals surface area contributed by atoms with E-state index in [9.17, 15) is 9.59 Å². The standard InChI is InChI=1S/C27H45N5O2/c28-25(29)21-9-8-20-13-24(27(34)31-22-11-10-17-2-1-3-19(17)12-22)32(23(20)14-21)15-16-4-6-18(7-5-16)26(30)33/h16-24H,1-15H2,(H3,28,29)(H2,30,33)(H,31,34). The first-order valence-corrected chi connectivity index (χ1v) is 14.1. The lowest BCUT2D eigenvalue weighted by Gasteiger charge is -2.40. The van der Waals surface area contributed by atoms with Crippen LogP contribution in [0.5, 0.6) is 0 Å². The van der Waals surface area contributed by atoms with Crippen LogP contribution in [-0.2, 0) is 9.59 Å². The van der Waals surface area contributed by atoms with Gasteiger partial charge in [-0.05, 0) is 94.3 Å². The number of hydrogen-bond donors (Lipinski definition) is 4. The number of rotatable bonds is 6. The van der Waals surface area contributed by atoms with Gasteiger partial charge in [0.25, 0.3) is 0 Å². The maximum absolute atomic E-state index is 13.7. The second-order valence-electron chi connectivity index (χ2n) is 12.3. The van der Waals surface area contributed by atoms with Crippen molar-refractivity contribution < 1.29 is 9.59 Å². The van der Waals surface area contributed by atoms with Crippen LogP contribution in [0.2, 0.25) is 0 Å². The highest BCUT2D eigenvalue weighted by atomic mass is 16.2. The summed E-state index contributed by atoms with van der Waals surface area (Å²) in [6, 6.07) is 0.626. The van der Waals surface area contributed by atoms with Crippen LogP contribution >= 0.6 is 0 Å². The first-order chi connectivity index (χ1) is 16.4. The predicted octanol–water partition coefficient (Wildman–Crippen LogP) is 3.16. The fraction of sp³-hybridized carbons (Fsp3) is 0.889. The molecule has 6 N–H and O–H groups in total. The topological polar surface area (TPSA) is 125 Å². The minimum absolute atomic E-state index is 0.0177. The molecule has 4 saturated carbocycles. The maximum Gasteiger partial charge on any atom is 0.237 e. The average Bonchev–Trinajstić information content (AvgIpc) is 3.43. The zero-order valence-electron chi connectivity index (χ0n) is 20.7. The van der Waals surface area contributed by atoms with Gasteiger partial charge < -0.3 is 16.8 Å². The third-order valence-electron chi connectivity index (χ3n) is 10.4. The molecule has 0 bridgehead atoms. The molecule has 5 fully saturated rings. The Morgan fingerprint density at radius 2 is 1.50 bits per heavy atom. The summed E-state index contributed by atoms with van der Waals surface area (Å²) < 4.78 is 0. The number of primary amides is 1. The van der Waals surface area contributed by atoms with Gasteiger partial charge in [0, 0.05) is 30.5 Å². The molecule has 0 aromatic carbocycles. The Labute approximate surface area is 204 Å². The van der Waals surface area contributed by atoms with Crippen molar-refractivity contribution in [3.63, 3.8) is 0 Å².